The molecule has 0 saturated carbocycles. The Kier molecular flexibility index (Phi) is 4.01. The van der Waals surface area contributed by atoms with Crippen molar-refractivity contribution in [1.29, 1.82) is 0 Å². The van der Waals surface area contributed by atoms with Crippen molar-refractivity contribution in [2.45, 2.75) is 0 Å². The first kappa shape index (κ1) is 16.2. The number of pyridine rings is 1. The van der Waals surface area contributed by atoms with Crippen molar-refractivity contribution >= 4 is 33.3 Å². The number of anilines is 1. The van der Waals surface area contributed by atoms with Crippen LogP contribution in [0.15, 0.2) is 30.0 Å². The topological polar surface area (TPSA) is 80.7 Å². The summed E-state index contributed by atoms with van der Waals surface area (Å²) in [6.07, 6.45) is 3.16. The summed E-state index contributed by atoms with van der Waals surface area (Å²) < 4.78 is 12.1. The molecule has 1 fully saturated rings. The van der Waals surface area contributed by atoms with Crippen molar-refractivity contribution in [3.8, 4) is 11.5 Å². The van der Waals surface area contributed by atoms with Gasteiger partial charge in [-0.3, -0.25) is 4.79 Å². The molecular formula is C18H17N5O3S. The first-order valence-electron chi connectivity index (χ1n) is 8.78. The molecule has 5 heterocycles. The van der Waals surface area contributed by atoms with E-state index < -0.39 is 0 Å². The third-order valence-electron chi connectivity index (χ3n) is 4.74. The minimum Gasteiger partial charge on any atom is -0.486 e. The molecule has 8 nitrogen and oxygen atoms in total. The van der Waals surface area contributed by atoms with Gasteiger partial charge in [-0.25, -0.2) is 15.0 Å². The molecule has 2 aliphatic heterocycles. The van der Waals surface area contributed by atoms with Gasteiger partial charge in [0.2, 0.25) is 0 Å². The Labute approximate surface area is 159 Å². The van der Waals surface area contributed by atoms with Crippen LogP contribution < -0.4 is 14.4 Å². The van der Waals surface area contributed by atoms with Crippen LogP contribution in [0.5, 0.6) is 11.5 Å². The van der Waals surface area contributed by atoms with Gasteiger partial charge in [0.1, 0.15) is 31.1 Å². The molecule has 0 aromatic carbocycles. The average Bonchev–Trinajstić information content (AvgIpc) is 3.22. The van der Waals surface area contributed by atoms with Gasteiger partial charge in [-0.05, 0) is 11.4 Å². The number of thiophene rings is 1. The van der Waals surface area contributed by atoms with E-state index in [0.717, 1.165) is 29.1 Å². The molecule has 3 aromatic heterocycles. The molecule has 0 aliphatic carbocycles. The molecule has 0 bridgehead atoms. The number of piperazine rings is 1. The molecule has 2 aliphatic rings. The summed E-state index contributed by atoms with van der Waals surface area (Å²) in [6, 6.07) is 3.67. The number of aromatic nitrogens is 3. The predicted octanol–water partition coefficient (Wildman–Crippen LogP) is 1.82. The second-order valence-electron chi connectivity index (χ2n) is 6.32. The lowest BCUT2D eigenvalue weighted by Crippen LogP contribution is -2.49. The minimum absolute atomic E-state index is 0.0874. The number of hydrogen-bond donors (Lipinski definition) is 0. The quantitative estimate of drug-likeness (QED) is 0.668. The van der Waals surface area contributed by atoms with Crippen molar-refractivity contribution in [3.05, 3.63) is 35.7 Å². The number of hydrogen-bond acceptors (Lipinski definition) is 8. The maximum absolute atomic E-state index is 12.8. The Morgan fingerprint density at radius 3 is 2.70 bits per heavy atom. The molecule has 27 heavy (non-hydrogen) atoms. The highest BCUT2D eigenvalue weighted by atomic mass is 32.1. The van der Waals surface area contributed by atoms with Gasteiger partial charge in [0.25, 0.3) is 5.91 Å². The smallest absolute Gasteiger partial charge is 0.272 e. The highest BCUT2D eigenvalue weighted by molar-refractivity contribution is 7.17. The number of carbonyl (C=O) groups excluding carboxylic acids is 1. The lowest BCUT2D eigenvalue weighted by atomic mass is 10.2. The van der Waals surface area contributed by atoms with Crippen molar-refractivity contribution < 1.29 is 14.3 Å². The summed E-state index contributed by atoms with van der Waals surface area (Å²) in [5, 5.41) is 2.02. The summed E-state index contributed by atoms with van der Waals surface area (Å²) in [5.41, 5.74) is 1.35. The zero-order valence-corrected chi connectivity index (χ0v) is 15.3. The van der Waals surface area contributed by atoms with Gasteiger partial charge < -0.3 is 19.3 Å². The van der Waals surface area contributed by atoms with Gasteiger partial charge in [0.15, 0.2) is 11.5 Å². The molecule has 0 unspecified atom stereocenters. The predicted molar refractivity (Wildman–Crippen MR) is 101 cm³/mol. The van der Waals surface area contributed by atoms with Crippen molar-refractivity contribution in [2.24, 2.45) is 0 Å². The maximum atomic E-state index is 12.8. The van der Waals surface area contributed by atoms with Crippen LogP contribution in [0.1, 0.15) is 10.5 Å². The monoisotopic (exact) mass is 383 g/mol. The molecule has 9 heteroatoms. The second kappa shape index (κ2) is 6.66. The lowest BCUT2D eigenvalue weighted by molar-refractivity contribution is 0.0739. The molecule has 3 aromatic rings. The summed E-state index contributed by atoms with van der Waals surface area (Å²) in [7, 11) is 0. The van der Waals surface area contributed by atoms with Crippen LogP contribution in [0.4, 0.5) is 5.82 Å². The molecule has 1 saturated heterocycles. The number of fused-ring (bicyclic) bond motifs is 2. The van der Waals surface area contributed by atoms with E-state index >= 15 is 0 Å². The molecular weight excluding hydrogens is 366 g/mol. The van der Waals surface area contributed by atoms with Crippen molar-refractivity contribution in [2.75, 3.05) is 44.3 Å². The van der Waals surface area contributed by atoms with E-state index in [0.29, 0.717) is 43.5 Å². The average molecular weight is 383 g/mol. The summed E-state index contributed by atoms with van der Waals surface area (Å²) in [4.78, 5) is 29.9. The third kappa shape index (κ3) is 2.93. The van der Waals surface area contributed by atoms with Crippen LogP contribution in [-0.2, 0) is 0 Å². The van der Waals surface area contributed by atoms with E-state index in [2.05, 4.69) is 19.9 Å². The van der Waals surface area contributed by atoms with Crippen LogP contribution >= 0.6 is 11.3 Å². The zero-order chi connectivity index (χ0) is 18.2. The van der Waals surface area contributed by atoms with Crippen molar-refractivity contribution in [3.63, 3.8) is 0 Å². The fourth-order valence-corrected chi connectivity index (χ4v) is 4.21. The molecule has 1 amide bonds. The van der Waals surface area contributed by atoms with Gasteiger partial charge in [-0.15, -0.1) is 11.3 Å². The number of carbonyl (C=O) groups is 1. The van der Waals surface area contributed by atoms with Crippen LogP contribution in [0, 0.1) is 0 Å². The third-order valence-corrected chi connectivity index (χ3v) is 5.64. The summed E-state index contributed by atoms with van der Waals surface area (Å²) in [6.45, 7) is 3.67. The van der Waals surface area contributed by atoms with Gasteiger partial charge in [0, 0.05) is 32.2 Å². The van der Waals surface area contributed by atoms with E-state index in [9.17, 15) is 4.79 Å². The molecule has 0 atom stereocenters. The second-order valence-corrected chi connectivity index (χ2v) is 7.24. The normalized spacial score (nSPS) is 16.6. The van der Waals surface area contributed by atoms with E-state index in [4.69, 9.17) is 9.47 Å². The van der Waals surface area contributed by atoms with Crippen LogP contribution in [-0.4, -0.2) is 65.2 Å². The molecule has 5 rings (SSSR count). The maximum Gasteiger partial charge on any atom is 0.272 e. The SMILES string of the molecule is O=C(c1cc2c(cn1)OCCO2)N1CCN(c2ncnc3ccsc23)CC1. The summed E-state index contributed by atoms with van der Waals surface area (Å²) >= 11 is 1.64. The van der Waals surface area contributed by atoms with E-state index in [1.807, 2.05) is 16.3 Å². The molecule has 0 radical (unpaired) electrons. The number of rotatable bonds is 2. The first-order chi connectivity index (χ1) is 13.3. The Morgan fingerprint density at radius 2 is 1.85 bits per heavy atom. The first-order valence-corrected chi connectivity index (χ1v) is 9.65. The Morgan fingerprint density at radius 1 is 1.04 bits per heavy atom. The van der Waals surface area contributed by atoms with Gasteiger partial charge in [-0.1, -0.05) is 0 Å². The van der Waals surface area contributed by atoms with Gasteiger partial charge in [0.05, 0.1) is 16.4 Å². The lowest BCUT2D eigenvalue weighted by Gasteiger charge is -2.35. The van der Waals surface area contributed by atoms with E-state index in [1.165, 1.54) is 0 Å². The number of amides is 1. The molecule has 138 valence electrons. The summed E-state index contributed by atoms with van der Waals surface area (Å²) in [5.74, 6) is 2.03. The standard InChI is InChI=1S/C18H17N5O3S/c24-18(13-9-14-15(10-19-13)26-7-6-25-14)23-4-2-22(3-5-23)17-16-12(1-8-27-16)20-11-21-17/h1,8-11H,2-7H2. The number of ether oxygens (including phenoxy) is 2. The highest BCUT2D eigenvalue weighted by Crippen LogP contribution is 2.30. The van der Waals surface area contributed by atoms with Crippen LogP contribution in [0.2, 0.25) is 0 Å². The van der Waals surface area contributed by atoms with Crippen molar-refractivity contribution in [1.82, 2.24) is 19.9 Å². The van der Waals surface area contributed by atoms with Gasteiger partial charge >= 0.3 is 0 Å². The molecule has 0 N–H and O–H groups in total. The minimum atomic E-state index is -0.0874. The van der Waals surface area contributed by atoms with E-state index in [-0.39, 0.29) is 5.91 Å². The number of nitrogens with zero attached hydrogens (tertiary/aromatic N) is 5. The fraction of sp³-hybridized carbons (Fsp3) is 0.333. The Hall–Kier alpha value is -2.94. The fourth-order valence-electron chi connectivity index (χ4n) is 3.35. The largest absolute Gasteiger partial charge is 0.486 e. The van der Waals surface area contributed by atoms with Crippen LogP contribution in [0.25, 0.3) is 10.2 Å². The molecule has 0 spiro atoms. The van der Waals surface area contributed by atoms with Crippen LogP contribution in [0.3, 0.4) is 0 Å². The van der Waals surface area contributed by atoms with E-state index in [1.54, 1.807) is 29.9 Å². The highest BCUT2D eigenvalue weighted by Gasteiger charge is 2.26. The Balaban J connectivity index is 1.30. The van der Waals surface area contributed by atoms with Gasteiger partial charge in [-0.2, -0.15) is 0 Å². The zero-order valence-electron chi connectivity index (χ0n) is 14.5. The Bertz CT molecular complexity index is 1000.